The van der Waals surface area contributed by atoms with Crippen LogP contribution in [-0.4, -0.2) is 67.1 Å². The number of hydrogen-bond acceptors (Lipinski definition) is 5. The lowest BCUT2D eigenvalue weighted by atomic mass is 10.2. The number of piperazine rings is 1. The maximum absolute atomic E-state index is 13.1. The first-order chi connectivity index (χ1) is 13.0. The first-order valence-corrected chi connectivity index (χ1v) is 10.7. The van der Waals surface area contributed by atoms with E-state index in [0.717, 1.165) is 37.6 Å². The van der Waals surface area contributed by atoms with Crippen LogP contribution in [0, 0.1) is 5.82 Å². The van der Waals surface area contributed by atoms with Gasteiger partial charge in [-0.25, -0.2) is 17.8 Å². The van der Waals surface area contributed by atoms with Gasteiger partial charge in [0, 0.05) is 51.5 Å². The van der Waals surface area contributed by atoms with Crippen LogP contribution in [0.1, 0.15) is 5.56 Å². The Morgan fingerprint density at radius 2 is 1.78 bits per heavy atom. The van der Waals surface area contributed by atoms with Gasteiger partial charge in [0.15, 0.2) is 0 Å². The zero-order chi connectivity index (χ0) is 18.9. The number of hydrogen-bond donors (Lipinski definition) is 0. The molecule has 1 atom stereocenters. The second-order valence-electron chi connectivity index (χ2n) is 7.06. The maximum Gasteiger partial charge on any atom is 0.216 e. The number of halogens is 1. The molecule has 144 valence electrons. The molecule has 1 aromatic carbocycles. The Morgan fingerprint density at radius 3 is 2.44 bits per heavy atom. The zero-order valence-electron chi connectivity index (χ0n) is 15.0. The summed E-state index contributed by atoms with van der Waals surface area (Å²) in [7, 11) is -3.29. The van der Waals surface area contributed by atoms with E-state index in [1.54, 1.807) is 18.3 Å². The Labute approximate surface area is 159 Å². The standard InChI is InChI=1S/C19H23FN4O2S/c20-17-6-4-16(5-7-17)13-24-14-18(15-27(24,25)26)22-9-11-23(12-10-22)19-3-1-2-8-21-19/h1-8,18H,9-15H2. The number of aromatic nitrogens is 1. The topological polar surface area (TPSA) is 56.8 Å². The van der Waals surface area contributed by atoms with Gasteiger partial charge in [-0.1, -0.05) is 18.2 Å². The fourth-order valence-corrected chi connectivity index (χ4v) is 5.54. The van der Waals surface area contributed by atoms with Crippen LogP contribution in [0.4, 0.5) is 10.2 Å². The first-order valence-electron chi connectivity index (χ1n) is 9.13. The van der Waals surface area contributed by atoms with Crippen LogP contribution in [0.3, 0.4) is 0 Å². The molecule has 0 aliphatic carbocycles. The van der Waals surface area contributed by atoms with Crippen molar-refractivity contribution in [2.45, 2.75) is 12.6 Å². The van der Waals surface area contributed by atoms with Crippen LogP contribution < -0.4 is 4.90 Å². The van der Waals surface area contributed by atoms with Crippen LogP contribution in [0.15, 0.2) is 48.7 Å². The average molecular weight is 390 g/mol. The monoisotopic (exact) mass is 390 g/mol. The van der Waals surface area contributed by atoms with E-state index in [1.807, 2.05) is 18.2 Å². The highest BCUT2D eigenvalue weighted by molar-refractivity contribution is 7.89. The Morgan fingerprint density at radius 1 is 1.04 bits per heavy atom. The van der Waals surface area contributed by atoms with E-state index in [9.17, 15) is 12.8 Å². The Bertz CT molecular complexity index is 868. The van der Waals surface area contributed by atoms with Crippen molar-refractivity contribution in [3.8, 4) is 0 Å². The van der Waals surface area contributed by atoms with Crippen molar-refractivity contribution in [1.82, 2.24) is 14.2 Å². The highest BCUT2D eigenvalue weighted by atomic mass is 32.2. The maximum atomic E-state index is 13.1. The zero-order valence-corrected chi connectivity index (χ0v) is 15.9. The van der Waals surface area contributed by atoms with Gasteiger partial charge < -0.3 is 4.90 Å². The van der Waals surface area contributed by atoms with Gasteiger partial charge in [0.05, 0.1) is 5.75 Å². The summed E-state index contributed by atoms with van der Waals surface area (Å²) in [5.41, 5.74) is 0.806. The molecule has 6 nitrogen and oxygen atoms in total. The van der Waals surface area contributed by atoms with Crippen molar-refractivity contribution >= 4 is 15.8 Å². The number of sulfonamides is 1. The number of rotatable bonds is 4. The average Bonchev–Trinajstić information content (AvgIpc) is 2.99. The first kappa shape index (κ1) is 18.3. The lowest BCUT2D eigenvalue weighted by Crippen LogP contribution is -2.52. The van der Waals surface area contributed by atoms with Gasteiger partial charge >= 0.3 is 0 Å². The summed E-state index contributed by atoms with van der Waals surface area (Å²) < 4.78 is 39.7. The fraction of sp³-hybridized carbons (Fsp3) is 0.421. The van der Waals surface area contributed by atoms with E-state index in [4.69, 9.17) is 0 Å². The number of anilines is 1. The molecular weight excluding hydrogens is 367 g/mol. The molecule has 0 bridgehead atoms. The minimum atomic E-state index is -3.29. The second-order valence-corrected chi connectivity index (χ2v) is 9.08. The molecule has 3 heterocycles. The summed E-state index contributed by atoms with van der Waals surface area (Å²) in [6.45, 7) is 4.11. The third-order valence-electron chi connectivity index (χ3n) is 5.29. The van der Waals surface area contributed by atoms with E-state index >= 15 is 0 Å². The van der Waals surface area contributed by atoms with Gasteiger partial charge in [-0.15, -0.1) is 0 Å². The molecule has 8 heteroatoms. The molecule has 27 heavy (non-hydrogen) atoms. The Hall–Kier alpha value is -2.03. The van der Waals surface area contributed by atoms with Crippen molar-refractivity contribution in [2.75, 3.05) is 43.4 Å². The van der Waals surface area contributed by atoms with Crippen molar-refractivity contribution in [3.05, 3.63) is 60.0 Å². The van der Waals surface area contributed by atoms with E-state index in [-0.39, 0.29) is 17.6 Å². The van der Waals surface area contributed by atoms with Gasteiger partial charge in [-0.3, -0.25) is 4.90 Å². The number of nitrogens with zero attached hydrogens (tertiary/aromatic N) is 4. The minimum absolute atomic E-state index is 0.00123. The van der Waals surface area contributed by atoms with Gasteiger partial charge in [-0.05, 0) is 29.8 Å². The van der Waals surface area contributed by atoms with E-state index < -0.39 is 10.0 Å². The van der Waals surface area contributed by atoms with Crippen molar-refractivity contribution in [3.63, 3.8) is 0 Å². The molecule has 2 fully saturated rings. The summed E-state index contributed by atoms with van der Waals surface area (Å²) in [6, 6.07) is 11.9. The third-order valence-corrected chi connectivity index (χ3v) is 7.16. The molecule has 0 N–H and O–H groups in total. The van der Waals surface area contributed by atoms with Crippen LogP contribution in [0.5, 0.6) is 0 Å². The van der Waals surface area contributed by atoms with Gasteiger partial charge in [0.2, 0.25) is 10.0 Å². The van der Waals surface area contributed by atoms with Crippen LogP contribution in [0.2, 0.25) is 0 Å². The lowest BCUT2D eigenvalue weighted by molar-refractivity contribution is 0.188. The molecular formula is C19H23FN4O2S. The summed E-state index contributed by atoms with van der Waals surface area (Å²) in [5.74, 6) is 0.804. The molecule has 0 spiro atoms. The van der Waals surface area contributed by atoms with Gasteiger partial charge in [0.1, 0.15) is 11.6 Å². The second kappa shape index (κ2) is 7.53. The Balaban J connectivity index is 1.37. The van der Waals surface area contributed by atoms with Crippen molar-refractivity contribution in [2.24, 2.45) is 0 Å². The fourth-order valence-electron chi connectivity index (χ4n) is 3.78. The number of benzene rings is 1. The van der Waals surface area contributed by atoms with Gasteiger partial charge in [0.25, 0.3) is 0 Å². The van der Waals surface area contributed by atoms with Crippen molar-refractivity contribution < 1.29 is 12.8 Å². The van der Waals surface area contributed by atoms with E-state index in [1.165, 1.54) is 16.4 Å². The summed E-state index contributed by atoms with van der Waals surface area (Å²) in [5, 5.41) is 0. The normalized spacial score (nSPS) is 23.6. The largest absolute Gasteiger partial charge is 0.354 e. The molecule has 2 saturated heterocycles. The summed E-state index contributed by atoms with van der Waals surface area (Å²) in [6.07, 6.45) is 1.79. The molecule has 2 aliphatic heterocycles. The SMILES string of the molecule is O=S1(=O)CC(N2CCN(c3ccccn3)CC2)CN1Cc1ccc(F)cc1. The highest BCUT2D eigenvalue weighted by Crippen LogP contribution is 2.23. The molecule has 4 rings (SSSR count). The quantitative estimate of drug-likeness (QED) is 0.793. The van der Waals surface area contributed by atoms with E-state index in [0.29, 0.717) is 13.1 Å². The molecule has 0 amide bonds. The smallest absolute Gasteiger partial charge is 0.216 e. The highest BCUT2D eigenvalue weighted by Gasteiger charge is 2.39. The predicted molar refractivity (Wildman–Crippen MR) is 102 cm³/mol. The van der Waals surface area contributed by atoms with Crippen molar-refractivity contribution in [1.29, 1.82) is 0 Å². The lowest BCUT2D eigenvalue weighted by Gasteiger charge is -2.38. The Kier molecular flexibility index (Phi) is 5.12. The molecule has 2 aliphatic rings. The molecule has 0 radical (unpaired) electrons. The van der Waals surface area contributed by atoms with Gasteiger partial charge in [-0.2, -0.15) is 4.31 Å². The predicted octanol–water partition coefficient (Wildman–Crippen LogP) is 1.56. The van der Waals surface area contributed by atoms with Crippen LogP contribution in [-0.2, 0) is 16.6 Å². The minimum Gasteiger partial charge on any atom is -0.354 e. The molecule has 1 unspecified atom stereocenters. The summed E-state index contributed by atoms with van der Waals surface area (Å²) >= 11 is 0. The molecule has 1 aromatic heterocycles. The number of pyridine rings is 1. The summed E-state index contributed by atoms with van der Waals surface area (Å²) in [4.78, 5) is 8.89. The van der Waals surface area contributed by atoms with Crippen LogP contribution >= 0.6 is 0 Å². The van der Waals surface area contributed by atoms with E-state index in [2.05, 4.69) is 14.8 Å². The third kappa shape index (κ3) is 4.12. The van der Waals surface area contributed by atoms with Crippen LogP contribution in [0.25, 0.3) is 0 Å². The molecule has 0 saturated carbocycles. The molecule has 2 aromatic rings.